The fourth-order valence-electron chi connectivity index (χ4n) is 1.36. The summed E-state index contributed by atoms with van der Waals surface area (Å²) >= 11 is 0.713. The first-order chi connectivity index (χ1) is 8.88. The highest BCUT2D eigenvalue weighted by atomic mass is 32.2. The number of sulfonamides is 1. The highest BCUT2D eigenvalue weighted by Gasteiger charge is 2.23. The molecule has 0 radical (unpaired) electrons. The van der Waals surface area contributed by atoms with E-state index in [2.05, 4.69) is 0 Å². The predicted molar refractivity (Wildman–Crippen MR) is 68.3 cm³/mol. The molecule has 1 aromatic heterocycles. The maximum atomic E-state index is 12.2. The Balaban J connectivity index is 2.50. The van der Waals surface area contributed by atoms with Gasteiger partial charge in [-0.1, -0.05) is 23.1 Å². The van der Waals surface area contributed by atoms with Crippen LogP contribution in [-0.2, 0) is 19.9 Å². The molecule has 0 fully saturated rings. The van der Waals surface area contributed by atoms with Gasteiger partial charge in [-0.05, 0) is 18.2 Å². The molecule has 6 nitrogen and oxygen atoms in total. The normalized spacial score (nSPS) is 12.5. The Labute approximate surface area is 114 Å². The monoisotopic (exact) mass is 319 g/mol. The third-order valence-corrected chi connectivity index (χ3v) is 6.76. The molecular weight excluding hydrogens is 310 g/mol. The maximum Gasteiger partial charge on any atom is 0.271 e. The van der Waals surface area contributed by atoms with Gasteiger partial charge < -0.3 is 5.21 Å². The Morgan fingerprint density at radius 3 is 2.21 bits per heavy atom. The third-order valence-electron chi connectivity index (χ3n) is 2.30. The first kappa shape index (κ1) is 14.2. The van der Waals surface area contributed by atoms with Crippen molar-refractivity contribution in [2.24, 2.45) is 0 Å². The summed E-state index contributed by atoms with van der Waals surface area (Å²) in [6.07, 6.45) is 0. The average Bonchev–Trinajstić information content (AvgIpc) is 2.91. The lowest BCUT2D eigenvalue weighted by atomic mass is 10.4. The van der Waals surface area contributed by atoms with Crippen LogP contribution in [0.4, 0.5) is 0 Å². The molecule has 2 rings (SSSR count). The van der Waals surface area contributed by atoms with Crippen molar-refractivity contribution in [3.8, 4) is 0 Å². The predicted octanol–water partition coefficient (Wildman–Crippen LogP) is 1.25. The van der Waals surface area contributed by atoms with Crippen LogP contribution in [0.15, 0.2) is 55.8 Å². The highest BCUT2D eigenvalue weighted by molar-refractivity contribution is 7.92. The van der Waals surface area contributed by atoms with Crippen LogP contribution in [0.1, 0.15) is 0 Å². The fourth-order valence-corrected chi connectivity index (χ4v) is 4.85. The lowest BCUT2D eigenvalue weighted by Crippen LogP contribution is -2.18. The minimum atomic E-state index is -4.06. The topological polar surface area (TPSA) is 101 Å². The first-order valence-electron chi connectivity index (χ1n) is 4.92. The number of hydrogen-bond donors (Lipinski definition) is 2. The van der Waals surface area contributed by atoms with Crippen LogP contribution in [0.5, 0.6) is 0 Å². The van der Waals surface area contributed by atoms with Gasteiger partial charge in [-0.3, -0.25) is 0 Å². The number of sulfone groups is 1. The molecule has 1 heterocycles. The van der Waals surface area contributed by atoms with Crippen molar-refractivity contribution in [3.05, 3.63) is 41.8 Å². The molecule has 0 spiro atoms. The van der Waals surface area contributed by atoms with E-state index in [0.717, 1.165) is 11.0 Å². The molecule has 9 heteroatoms. The number of thiophene rings is 1. The third kappa shape index (κ3) is 2.69. The Morgan fingerprint density at radius 1 is 1.00 bits per heavy atom. The molecule has 0 saturated heterocycles. The number of rotatable bonds is 4. The van der Waals surface area contributed by atoms with E-state index in [1.807, 2.05) is 0 Å². The highest BCUT2D eigenvalue weighted by Crippen LogP contribution is 2.27. The molecule has 2 aromatic rings. The molecular formula is C10H9NO5S3. The van der Waals surface area contributed by atoms with Crippen molar-refractivity contribution in [3.63, 3.8) is 0 Å². The van der Waals surface area contributed by atoms with Crippen LogP contribution < -0.4 is 4.89 Å². The average molecular weight is 319 g/mol. The van der Waals surface area contributed by atoms with Crippen molar-refractivity contribution in [2.45, 2.75) is 14.0 Å². The zero-order chi connectivity index (χ0) is 14.1. The van der Waals surface area contributed by atoms with Crippen molar-refractivity contribution >= 4 is 31.2 Å². The second-order valence-electron chi connectivity index (χ2n) is 3.51. The summed E-state index contributed by atoms with van der Waals surface area (Å²) in [5, 5.41) is 9.71. The Bertz CT molecular complexity index is 778. The first-order valence-corrected chi connectivity index (χ1v) is 8.77. The number of nitrogens with one attached hydrogen (secondary N) is 1. The van der Waals surface area contributed by atoms with E-state index in [1.54, 1.807) is 18.2 Å². The van der Waals surface area contributed by atoms with Crippen LogP contribution >= 0.6 is 11.3 Å². The summed E-state index contributed by atoms with van der Waals surface area (Å²) in [6, 6.07) is 8.68. The Kier molecular flexibility index (Phi) is 3.74. The van der Waals surface area contributed by atoms with Gasteiger partial charge in [0, 0.05) is 5.38 Å². The molecule has 2 N–H and O–H groups in total. The minimum absolute atomic E-state index is 0.0775. The van der Waals surface area contributed by atoms with E-state index in [-0.39, 0.29) is 14.0 Å². The van der Waals surface area contributed by atoms with Gasteiger partial charge in [-0.2, -0.15) is 0 Å². The second kappa shape index (κ2) is 5.02. The number of benzene rings is 1. The van der Waals surface area contributed by atoms with Crippen LogP contribution in [0.25, 0.3) is 0 Å². The van der Waals surface area contributed by atoms with E-state index in [0.29, 0.717) is 11.3 Å². The van der Waals surface area contributed by atoms with Gasteiger partial charge >= 0.3 is 0 Å². The molecule has 19 heavy (non-hydrogen) atoms. The molecule has 0 saturated carbocycles. The van der Waals surface area contributed by atoms with E-state index < -0.39 is 19.9 Å². The summed E-state index contributed by atoms with van der Waals surface area (Å²) < 4.78 is 46.8. The van der Waals surface area contributed by atoms with Gasteiger partial charge in [0.25, 0.3) is 10.0 Å². The van der Waals surface area contributed by atoms with Gasteiger partial charge in [0.2, 0.25) is 9.84 Å². The van der Waals surface area contributed by atoms with Crippen LogP contribution in [0.3, 0.4) is 0 Å². The quantitative estimate of drug-likeness (QED) is 0.826. The van der Waals surface area contributed by atoms with Crippen molar-refractivity contribution in [1.29, 1.82) is 0 Å². The van der Waals surface area contributed by atoms with Crippen LogP contribution in [-0.4, -0.2) is 22.0 Å². The Morgan fingerprint density at radius 2 is 1.63 bits per heavy atom. The number of hydrogen-bond acceptors (Lipinski definition) is 6. The molecule has 1 aromatic carbocycles. The van der Waals surface area contributed by atoms with Crippen molar-refractivity contribution in [2.75, 3.05) is 0 Å². The molecule has 102 valence electrons. The summed E-state index contributed by atoms with van der Waals surface area (Å²) in [5.41, 5.74) is 0. The maximum absolute atomic E-state index is 12.2. The molecule has 0 aliphatic rings. The van der Waals surface area contributed by atoms with Crippen LogP contribution in [0, 0.1) is 0 Å². The zero-order valence-corrected chi connectivity index (χ0v) is 11.8. The second-order valence-corrected chi connectivity index (χ2v) is 8.26. The van der Waals surface area contributed by atoms with Gasteiger partial charge in [0.05, 0.1) is 9.79 Å². The van der Waals surface area contributed by atoms with Gasteiger partial charge in [0.1, 0.15) is 4.21 Å². The van der Waals surface area contributed by atoms with Crippen LogP contribution in [0.2, 0.25) is 0 Å². The van der Waals surface area contributed by atoms with E-state index in [1.165, 1.54) is 17.5 Å². The molecule has 0 aliphatic heterocycles. The summed E-state index contributed by atoms with van der Waals surface area (Å²) in [6.45, 7) is 0. The molecule has 0 unspecified atom stereocenters. The van der Waals surface area contributed by atoms with E-state index >= 15 is 0 Å². The zero-order valence-electron chi connectivity index (χ0n) is 9.35. The van der Waals surface area contributed by atoms with Crippen molar-refractivity contribution in [1.82, 2.24) is 4.89 Å². The summed E-state index contributed by atoms with van der Waals surface area (Å²) in [7, 11) is -7.81. The van der Waals surface area contributed by atoms with Gasteiger partial charge in [0.15, 0.2) is 0 Å². The smallest absolute Gasteiger partial charge is 0.271 e. The summed E-state index contributed by atoms with van der Waals surface area (Å²) in [4.78, 5) is 1.10. The van der Waals surface area contributed by atoms with E-state index in [4.69, 9.17) is 5.21 Å². The van der Waals surface area contributed by atoms with Crippen molar-refractivity contribution < 1.29 is 22.0 Å². The van der Waals surface area contributed by atoms with Gasteiger partial charge in [-0.25, -0.2) is 16.8 Å². The largest absolute Gasteiger partial charge is 0.302 e. The minimum Gasteiger partial charge on any atom is -0.302 e. The van der Waals surface area contributed by atoms with E-state index in [9.17, 15) is 16.8 Å². The molecule has 0 amide bonds. The Hall–Kier alpha value is -1.26. The molecule has 0 atom stereocenters. The molecule has 0 aliphatic carbocycles. The standard InChI is InChI=1S/C10H9NO5S3/c12-11-19(15,16)10-6-9(7-17-10)18(13,14)8-4-2-1-3-5-8/h1-7,11-12H. The molecule has 0 bridgehead atoms. The lowest BCUT2D eigenvalue weighted by molar-refractivity contribution is 0.243. The SMILES string of the molecule is O=S(=O)(NO)c1cc(S(=O)(=O)c2ccccc2)cs1. The fraction of sp³-hybridized carbons (Fsp3) is 0. The van der Waals surface area contributed by atoms with Gasteiger partial charge in [-0.15, -0.1) is 11.3 Å². The lowest BCUT2D eigenvalue weighted by Gasteiger charge is -2.00. The summed E-state index contributed by atoms with van der Waals surface area (Å²) in [5.74, 6) is 0.